The Hall–Kier alpha value is -2.77. The van der Waals surface area contributed by atoms with Gasteiger partial charge in [-0.3, -0.25) is 14.4 Å². The van der Waals surface area contributed by atoms with Crippen LogP contribution in [-0.4, -0.2) is 49.7 Å². The lowest BCUT2D eigenvalue weighted by atomic mass is 9.95. The highest BCUT2D eigenvalue weighted by Crippen LogP contribution is 2.34. The first kappa shape index (κ1) is 18.0. The van der Waals surface area contributed by atoms with Crippen molar-refractivity contribution in [1.82, 2.24) is 4.90 Å². The van der Waals surface area contributed by atoms with Gasteiger partial charge >= 0.3 is 5.97 Å². The lowest BCUT2D eigenvalue weighted by Gasteiger charge is -2.31. The summed E-state index contributed by atoms with van der Waals surface area (Å²) in [5.74, 6) is 0.604. The maximum absolute atomic E-state index is 12.5. The number of rotatable bonds is 5. The van der Waals surface area contributed by atoms with Crippen LogP contribution in [0.1, 0.15) is 25.7 Å². The van der Waals surface area contributed by atoms with Crippen LogP contribution in [0.15, 0.2) is 18.2 Å². The van der Waals surface area contributed by atoms with Gasteiger partial charge in [-0.15, -0.1) is 0 Å². The quantitative estimate of drug-likeness (QED) is 0.799. The molecule has 1 saturated heterocycles. The van der Waals surface area contributed by atoms with E-state index < -0.39 is 5.97 Å². The van der Waals surface area contributed by atoms with E-state index in [0.717, 1.165) is 0 Å². The van der Waals surface area contributed by atoms with E-state index in [1.165, 1.54) is 7.11 Å². The number of anilines is 1. The van der Waals surface area contributed by atoms with E-state index >= 15 is 0 Å². The van der Waals surface area contributed by atoms with Crippen LogP contribution < -0.4 is 14.8 Å². The zero-order chi connectivity index (χ0) is 18.5. The molecule has 1 fully saturated rings. The second kappa shape index (κ2) is 8.07. The molecule has 3 rings (SSSR count). The summed E-state index contributed by atoms with van der Waals surface area (Å²) in [4.78, 5) is 37.4. The van der Waals surface area contributed by atoms with E-state index in [4.69, 9.17) is 9.47 Å². The number of benzene rings is 1. The predicted octanol–water partition coefficient (Wildman–Crippen LogP) is 1.55. The fraction of sp³-hybridized carbons (Fsp3) is 0.500. The topological polar surface area (TPSA) is 94.2 Å². The van der Waals surface area contributed by atoms with E-state index in [-0.39, 0.29) is 37.4 Å². The number of hydrogen-bond acceptors (Lipinski definition) is 6. The molecule has 0 bridgehead atoms. The summed E-state index contributed by atoms with van der Waals surface area (Å²) in [6.45, 7) is 1.22. The summed E-state index contributed by atoms with van der Waals surface area (Å²) in [6.07, 6.45) is 1.42. The highest BCUT2D eigenvalue weighted by Gasteiger charge is 2.27. The number of nitrogens with one attached hydrogen (secondary N) is 1. The van der Waals surface area contributed by atoms with Gasteiger partial charge in [-0.2, -0.15) is 0 Å². The molecule has 0 spiro atoms. The molecule has 8 nitrogen and oxygen atoms in total. The van der Waals surface area contributed by atoms with E-state index in [0.29, 0.717) is 43.1 Å². The number of nitrogens with zero attached hydrogens (tertiary/aromatic N) is 1. The fourth-order valence-electron chi connectivity index (χ4n) is 3.08. The molecule has 1 aromatic carbocycles. The summed E-state index contributed by atoms with van der Waals surface area (Å²) in [5, 5.41) is 2.89. The SMILES string of the molecule is COC(=O)CCC(=O)N1CCC(C(=O)Nc2ccc3c(c2)OCO3)CC1. The maximum atomic E-state index is 12.5. The molecule has 0 aromatic heterocycles. The Bertz CT molecular complexity index is 697. The van der Waals surface area contributed by atoms with E-state index in [1.54, 1.807) is 23.1 Å². The Labute approximate surface area is 151 Å². The number of fused-ring (bicyclic) bond motifs is 1. The van der Waals surface area contributed by atoms with Gasteiger partial charge in [0, 0.05) is 37.2 Å². The molecule has 0 atom stereocenters. The minimum atomic E-state index is -0.392. The summed E-state index contributed by atoms with van der Waals surface area (Å²) < 4.78 is 15.1. The molecule has 26 heavy (non-hydrogen) atoms. The Morgan fingerprint density at radius 3 is 2.62 bits per heavy atom. The van der Waals surface area contributed by atoms with Crippen molar-refractivity contribution < 1.29 is 28.6 Å². The predicted molar refractivity (Wildman–Crippen MR) is 91.7 cm³/mol. The molecule has 0 aliphatic carbocycles. The molecule has 140 valence electrons. The standard InChI is InChI=1S/C18H22N2O6/c1-24-17(22)5-4-16(21)20-8-6-12(7-9-20)18(23)19-13-2-3-14-15(10-13)26-11-25-14/h2-3,10,12H,4-9,11H2,1H3,(H,19,23). The van der Waals surface area contributed by atoms with Gasteiger partial charge in [0.1, 0.15) is 0 Å². The molecule has 2 amide bonds. The van der Waals surface area contributed by atoms with Crippen molar-refractivity contribution in [2.75, 3.05) is 32.3 Å². The van der Waals surface area contributed by atoms with Crippen molar-refractivity contribution in [2.45, 2.75) is 25.7 Å². The average Bonchev–Trinajstić information content (AvgIpc) is 3.13. The third-order valence-corrected chi connectivity index (χ3v) is 4.63. The van der Waals surface area contributed by atoms with Crippen molar-refractivity contribution in [3.63, 3.8) is 0 Å². The summed E-state index contributed by atoms with van der Waals surface area (Å²) in [7, 11) is 1.30. The van der Waals surface area contributed by atoms with Gasteiger partial charge < -0.3 is 24.4 Å². The van der Waals surface area contributed by atoms with Crippen molar-refractivity contribution >= 4 is 23.5 Å². The van der Waals surface area contributed by atoms with Gasteiger partial charge in [0.25, 0.3) is 0 Å². The Balaban J connectivity index is 1.46. The minimum Gasteiger partial charge on any atom is -0.469 e. The molecule has 0 radical (unpaired) electrons. The Kier molecular flexibility index (Phi) is 5.60. The number of piperidine rings is 1. The largest absolute Gasteiger partial charge is 0.469 e. The number of hydrogen-bond donors (Lipinski definition) is 1. The second-order valence-electron chi connectivity index (χ2n) is 6.29. The first-order chi connectivity index (χ1) is 12.6. The van der Waals surface area contributed by atoms with Crippen LogP contribution >= 0.6 is 0 Å². The van der Waals surface area contributed by atoms with E-state index in [1.807, 2.05) is 0 Å². The first-order valence-electron chi connectivity index (χ1n) is 8.62. The third-order valence-electron chi connectivity index (χ3n) is 4.63. The Morgan fingerprint density at radius 2 is 1.88 bits per heavy atom. The molecular weight excluding hydrogens is 340 g/mol. The number of likely N-dealkylation sites (tertiary alicyclic amines) is 1. The highest BCUT2D eigenvalue weighted by atomic mass is 16.7. The zero-order valence-electron chi connectivity index (χ0n) is 14.7. The lowest BCUT2D eigenvalue weighted by molar-refractivity contribution is -0.144. The number of carbonyl (C=O) groups is 3. The monoisotopic (exact) mass is 362 g/mol. The molecule has 0 unspecified atom stereocenters. The van der Waals surface area contributed by atoms with E-state index in [2.05, 4.69) is 10.1 Å². The molecule has 2 heterocycles. The summed E-state index contributed by atoms with van der Waals surface area (Å²) in [6, 6.07) is 5.28. The Morgan fingerprint density at radius 1 is 1.15 bits per heavy atom. The van der Waals surface area contributed by atoms with Crippen LogP contribution in [0.2, 0.25) is 0 Å². The lowest BCUT2D eigenvalue weighted by Crippen LogP contribution is -2.41. The molecule has 2 aliphatic rings. The average molecular weight is 362 g/mol. The normalized spacial score (nSPS) is 16.3. The molecular formula is C18H22N2O6. The fourth-order valence-corrected chi connectivity index (χ4v) is 3.08. The van der Waals surface area contributed by atoms with Gasteiger partial charge in [-0.05, 0) is 25.0 Å². The van der Waals surface area contributed by atoms with Crippen molar-refractivity contribution in [3.05, 3.63) is 18.2 Å². The molecule has 8 heteroatoms. The van der Waals surface area contributed by atoms with Crippen molar-refractivity contribution in [2.24, 2.45) is 5.92 Å². The highest BCUT2D eigenvalue weighted by molar-refractivity contribution is 5.93. The van der Waals surface area contributed by atoms with Gasteiger partial charge in [0.05, 0.1) is 13.5 Å². The molecule has 1 N–H and O–H groups in total. The zero-order valence-corrected chi connectivity index (χ0v) is 14.7. The molecule has 1 aromatic rings. The number of methoxy groups -OCH3 is 1. The number of ether oxygens (including phenoxy) is 3. The van der Waals surface area contributed by atoms with Gasteiger partial charge in [-0.25, -0.2) is 0 Å². The number of carbonyl (C=O) groups excluding carboxylic acids is 3. The molecule has 2 aliphatic heterocycles. The van der Waals surface area contributed by atoms with Gasteiger partial charge in [0.15, 0.2) is 11.5 Å². The number of esters is 1. The molecule has 0 saturated carbocycles. The summed E-state index contributed by atoms with van der Waals surface area (Å²) >= 11 is 0. The maximum Gasteiger partial charge on any atom is 0.306 e. The van der Waals surface area contributed by atoms with Crippen LogP contribution in [0.4, 0.5) is 5.69 Å². The summed E-state index contributed by atoms with van der Waals surface area (Å²) in [5.41, 5.74) is 0.663. The third kappa shape index (κ3) is 4.25. The van der Waals surface area contributed by atoms with Crippen LogP contribution in [0.3, 0.4) is 0 Å². The van der Waals surface area contributed by atoms with Gasteiger partial charge in [-0.1, -0.05) is 0 Å². The van der Waals surface area contributed by atoms with Crippen LogP contribution in [0.25, 0.3) is 0 Å². The van der Waals surface area contributed by atoms with Crippen molar-refractivity contribution in [3.8, 4) is 11.5 Å². The first-order valence-corrected chi connectivity index (χ1v) is 8.62. The van der Waals surface area contributed by atoms with Gasteiger partial charge in [0.2, 0.25) is 18.6 Å². The van der Waals surface area contributed by atoms with Crippen LogP contribution in [-0.2, 0) is 19.1 Å². The van der Waals surface area contributed by atoms with Crippen LogP contribution in [0.5, 0.6) is 11.5 Å². The second-order valence-corrected chi connectivity index (χ2v) is 6.29. The number of amides is 2. The smallest absolute Gasteiger partial charge is 0.306 e. The van der Waals surface area contributed by atoms with Crippen LogP contribution in [0, 0.1) is 5.92 Å². The van der Waals surface area contributed by atoms with E-state index in [9.17, 15) is 14.4 Å². The van der Waals surface area contributed by atoms with Crippen molar-refractivity contribution in [1.29, 1.82) is 0 Å². The minimum absolute atomic E-state index is 0.0643.